The van der Waals surface area contributed by atoms with Gasteiger partial charge in [-0.05, 0) is 31.5 Å². The van der Waals surface area contributed by atoms with Crippen molar-refractivity contribution in [2.45, 2.75) is 20.4 Å². The molecule has 15 heavy (non-hydrogen) atoms. The molecule has 0 aliphatic carbocycles. The summed E-state index contributed by atoms with van der Waals surface area (Å²) in [4.78, 5) is 4.06. The molecule has 1 aromatic carbocycles. The molecule has 0 aliphatic rings. The van der Waals surface area contributed by atoms with Crippen LogP contribution in [-0.2, 0) is 0 Å². The minimum Gasteiger partial charge on any atom is -0.270 e. The Hall–Kier alpha value is -1.16. The Morgan fingerprint density at radius 2 is 2.00 bits per heavy atom. The molecule has 0 amide bonds. The fourth-order valence-electron chi connectivity index (χ4n) is 1.59. The van der Waals surface area contributed by atoms with Gasteiger partial charge in [-0.2, -0.15) is 8.78 Å². The van der Waals surface area contributed by atoms with E-state index in [1.165, 1.54) is 6.07 Å². The van der Waals surface area contributed by atoms with E-state index in [9.17, 15) is 8.78 Å². The van der Waals surface area contributed by atoms with E-state index in [4.69, 9.17) is 11.6 Å². The maximum absolute atomic E-state index is 12.7. The standard InChI is InChI=1S/C10H9ClF2N2/c1-5-3-8-9(4-7(5)11)15(10(12)13)6(2)14-8/h3-4,10H,1-2H3. The summed E-state index contributed by atoms with van der Waals surface area (Å²) in [6.07, 6.45) is 0. The van der Waals surface area contributed by atoms with Gasteiger partial charge in [0.1, 0.15) is 5.82 Å². The number of rotatable bonds is 1. The molecular weight excluding hydrogens is 222 g/mol. The summed E-state index contributed by atoms with van der Waals surface area (Å²) in [7, 11) is 0. The summed E-state index contributed by atoms with van der Waals surface area (Å²) in [6.45, 7) is 0.780. The number of imidazole rings is 1. The van der Waals surface area contributed by atoms with Crippen LogP contribution in [0.5, 0.6) is 0 Å². The van der Waals surface area contributed by atoms with Gasteiger partial charge in [0.25, 0.3) is 0 Å². The molecule has 0 N–H and O–H groups in total. The third kappa shape index (κ3) is 1.59. The third-order valence-corrected chi connectivity index (χ3v) is 2.75. The second kappa shape index (κ2) is 3.45. The van der Waals surface area contributed by atoms with Crippen molar-refractivity contribution in [1.82, 2.24) is 9.55 Å². The minimum absolute atomic E-state index is 0.293. The second-order valence-electron chi connectivity index (χ2n) is 3.40. The molecule has 0 saturated heterocycles. The Balaban J connectivity index is 2.81. The van der Waals surface area contributed by atoms with E-state index in [0.29, 0.717) is 21.9 Å². The molecule has 2 rings (SSSR count). The third-order valence-electron chi connectivity index (χ3n) is 2.34. The van der Waals surface area contributed by atoms with E-state index in [2.05, 4.69) is 4.98 Å². The van der Waals surface area contributed by atoms with Gasteiger partial charge in [-0.15, -0.1) is 0 Å². The van der Waals surface area contributed by atoms with Crippen LogP contribution in [0.15, 0.2) is 12.1 Å². The highest BCUT2D eigenvalue weighted by Gasteiger charge is 2.15. The average molecular weight is 231 g/mol. The number of nitrogens with zero attached hydrogens (tertiary/aromatic N) is 2. The van der Waals surface area contributed by atoms with E-state index in [-0.39, 0.29) is 0 Å². The molecule has 1 heterocycles. The summed E-state index contributed by atoms with van der Waals surface area (Å²) in [5.41, 5.74) is 1.76. The first-order valence-electron chi connectivity index (χ1n) is 4.43. The zero-order valence-corrected chi connectivity index (χ0v) is 9.02. The summed E-state index contributed by atoms with van der Waals surface area (Å²) >= 11 is 5.89. The van der Waals surface area contributed by atoms with Gasteiger partial charge in [0, 0.05) is 5.02 Å². The summed E-state index contributed by atoms with van der Waals surface area (Å²) < 4.78 is 26.3. The fraction of sp³-hybridized carbons (Fsp3) is 0.300. The number of hydrogen-bond acceptors (Lipinski definition) is 1. The van der Waals surface area contributed by atoms with Crippen LogP contribution in [0.2, 0.25) is 5.02 Å². The fourth-order valence-corrected chi connectivity index (χ4v) is 1.75. The van der Waals surface area contributed by atoms with Crippen molar-refractivity contribution >= 4 is 22.6 Å². The quantitative estimate of drug-likeness (QED) is 0.730. The molecular formula is C10H9ClF2N2. The predicted octanol–water partition coefficient (Wildman–Crippen LogP) is 3.70. The number of alkyl halides is 2. The van der Waals surface area contributed by atoms with Crippen LogP contribution in [0.4, 0.5) is 8.78 Å². The van der Waals surface area contributed by atoms with Crippen molar-refractivity contribution in [2.24, 2.45) is 0 Å². The van der Waals surface area contributed by atoms with Gasteiger partial charge in [-0.3, -0.25) is 4.57 Å². The van der Waals surface area contributed by atoms with Crippen molar-refractivity contribution in [3.63, 3.8) is 0 Å². The topological polar surface area (TPSA) is 17.8 Å². The maximum Gasteiger partial charge on any atom is 0.320 e. The maximum atomic E-state index is 12.7. The molecule has 0 spiro atoms. The Morgan fingerprint density at radius 3 is 2.60 bits per heavy atom. The first-order valence-corrected chi connectivity index (χ1v) is 4.81. The van der Waals surface area contributed by atoms with Crippen LogP contribution < -0.4 is 0 Å². The van der Waals surface area contributed by atoms with E-state index >= 15 is 0 Å². The van der Waals surface area contributed by atoms with Gasteiger partial charge in [0.15, 0.2) is 0 Å². The Bertz CT molecular complexity index is 520. The van der Waals surface area contributed by atoms with Crippen LogP contribution in [0.3, 0.4) is 0 Å². The summed E-state index contributed by atoms with van der Waals surface area (Å²) in [5, 5.41) is 0.476. The first-order chi connectivity index (χ1) is 7.00. The molecule has 0 unspecified atom stereocenters. The van der Waals surface area contributed by atoms with E-state index in [1.54, 1.807) is 13.0 Å². The Morgan fingerprint density at radius 1 is 1.33 bits per heavy atom. The molecule has 0 bridgehead atoms. The zero-order valence-electron chi connectivity index (χ0n) is 8.26. The van der Waals surface area contributed by atoms with Gasteiger partial charge in [0.2, 0.25) is 0 Å². The Kier molecular flexibility index (Phi) is 2.38. The van der Waals surface area contributed by atoms with Crippen LogP contribution in [0, 0.1) is 13.8 Å². The molecule has 80 valence electrons. The number of aryl methyl sites for hydroxylation is 2. The van der Waals surface area contributed by atoms with Crippen LogP contribution >= 0.6 is 11.6 Å². The molecule has 0 atom stereocenters. The minimum atomic E-state index is -2.59. The van der Waals surface area contributed by atoms with Crippen molar-refractivity contribution < 1.29 is 8.78 Å². The highest BCUT2D eigenvalue weighted by Crippen LogP contribution is 2.27. The number of hydrogen-bond donors (Lipinski definition) is 0. The smallest absolute Gasteiger partial charge is 0.270 e. The molecule has 0 radical (unpaired) electrons. The lowest BCUT2D eigenvalue weighted by Gasteiger charge is -2.05. The van der Waals surface area contributed by atoms with Crippen LogP contribution in [0.25, 0.3) is 11.0 Å². The van der Waals surface area contributed by atoms with E-state index in [0.717, 1.165) is 10.1 Å². The first kappa shape index (κ1) is 10.4. The molecule has 2 nitrogen and oxygen atoms in total. The van der Waals surface area contributed by atoms with Gasteiger partial charge in [-0.1, -0.05) is 11.6 Å². The number of aromatic nitrogens is 2. The monoisotopic (exact) mass is 230 g/mol. The van der Waals surface area contributed by atoms with Crippen molar-refractivity contribution in [3.05, 3.63) is 28.5 Å². The average Bonchev–Trinajstić information content (AvgIpc) is 2.41. The largest absolute Gasteiger partial charge is 0.320 e. The van der Waals surface area contributed by atoms with Gasteiger partial charge in [0.05, 0.1) is 11.0 Å². The summed E-state index contributed by atoms with van der Waals surface area (Å²) in [6, 6.07) is 3.24. The molecule has 1 aromatic heterocycles. The highest BCUT2D eigenvalue weighted by molar-refractivity contribution is 6.32. The van der Waals surface area contributed by atoms with Gasteiger partial charge >= 0.3 is 6.55 Å². The van der Waals surface area contributed by atoms with Crippen LogP contribution in [-0.4, -0.2) is 9.55 Å². The second-order valence-corrected chi connectivity index (χ2v) is 3.80. The highest BCUT2D eigenvalue weighted by atomic mass is 35.5. The van der Waals surface area contributed by atoms with E-state index in [1.807, 2.05) is 6.92 Å². The molecule has 0 aliphatic heterocycles. The van der Waals surface area contributed by atoms with Gasteiger partial charge in [-0.25, -0.2) is 4.98 Å². The number of fused-ring (bicyclic) bond motifs is 1. The lowest BCUT2D eigenvalue weighted by Crippen LogP contribution is -2.00. The Labute approximate surface area is 90.5 Å². The normalized spacial score (nSPS) is 11.6. The van der Waals surface area contributed by atoms with Gasteiger partial charge < -0.3 is 0 Å². The molecule has 0 fully saturated rings. The lowest BCUT2D eigenvalue weighted by molar-refractivity contribution is 0.0724. The summed E-state index contributed by atoms with van der Waals surface area (Å²) in [5.74, 6) is 0.293. The van der Waals surface area contributed by atoms with E-state index < -0.39 is 6.55 Å². The van der Waals surface area contributed by atoms with Crippen LogP contribution in [0.1, 0.15) is 17.9 Å². The number of benzene rings is 1. The molecule has 5 heteroatoms. The van der Waals surface area contributed by atoms with Crippen molar-refractivity contribution in [2.75, 3.05) is 0 Å². The SMILES string of the molecule is Cc1cc2nc(C)n(C(F)F)c2cc1Cl. The van der Waals surface area contributed by atoms with Crippen molar-refractivity contribution in [3.8, 4) is 0 Å². The molecule has 2 aromatic rings. The molecule has 0 saturated carbocycles. The number of halogens is 3. The van der Waals surface area contributed by atoms with Crippen molar-refractivity contribution in [1.29, 1.82) is 0 Å². The lowest BCUT2D eigenvalue weighted by atomic mass is 10.2. The predicted molar refractivity (Wildman–Crippen MR) is 55.5 cm³/mol. The zero-order chi connectivity index (χ0) is 11.2.